The summed E-state index contributed by atoms with van der Waals surface area (Å²) in [6.07, 6.45) is -1.29. The first kappa shape index (κ1) is 23.6. The van der Waals surface area contributed by atoms with Crippen LogP contribution in [0.5, 0.6) is 0 Å². The highest BCUT2D eigenvalue weighted by molar-refractivity contribution is 7.22. The number of anilines is 2. The molecule has 11 heteroatoms. The maximum atomic E-state index is 13.0. The minimum atomic E-state index is -4.41. The van der Waals surface area contributed by atoms with Gasteiger partial charge in [-0.1, -0.05) is 11.3 Å². The molecule has 0 bridgehead atoms. The second-order valence-corrected chi connectivity index (χ2v) is 9.94. The lowest BCUT2D eigenvalue weighted by Gasteiger charge is -2.25. The number of hydrogen-bond acceptors (Lipinski definition) is 6. The molecule has 1 aliphatic rings. The van der Waals surface area contributed by atoms with E-state index in [1.54, 1.807) is 16.7 Å². The standard InChI is InChI=1S/C24H24F3N5O2S/c1-32-19-9-4-14(21(34)28-12-13-2-6-16(33)7-3-13)10-18(19)29-22(32)31-23-30-17-8-5-15(24(25,26)27)11-20(17)35-23/h4-5,8-11,13,16,33H,2-3,6-7,12H2,1H3,(H,28,34)(H,29,30,31)/t13-,16-. The van der Waals surface area contributed by atoms with E-state index in [1.165, 1.54) is 6.07 Å². The number of fused-ring (bicyclic) bond motifs is 2. The number of hydrogen-bond donors (Lipinski definition) is 3. The van der Waals surface area contributed by atoms with Crippen molar-refractivity contribution in [2.75, 3.05) is 11.9 Å². The second kappa shape index (κ2) is 9.12. The van der Waals surface area contributed by atoms with E-state index in [9.17, 15) is 23.1 Å². The fraction of sp³-hybridized carbons (Fsp3) is 0.375. The number of aromatic nitrogens is 3. The van der Waals surface area contributed by atoms with Crippen molar-refractivity contribution in [3.63, 3.8) is 0 Å². The lowest BCUT2D eigenvalue weighted by atomic mass is 9.87. The van der Waals surface area contributed by atoms with Crippen LogP contribution in [0.3, 0.4) is 0 Å². The molecule has 4 aromatic rings. The highest BCUT2D eigenvalue weighted by Gasteiger charge is 2.30. The van der Waals surface area contributed by atoms with E-state index in [2.05, 4.69) is 20.6 Å². The number of amides is 1. The Labute approximate surface area is 203 Å². The molecule has 1 aliphatic carbocycles. The number of aliphatic hydroxyl groups is 1. The van der Waals surface area contributed by atoms with E-state index in [0.29, 0.717) is 44.8 Å². The third kappa shape index (κ3) is 4.96. The van der Waals surface area contributed by atoms with Crippen molar-refractivity contribution >= 4 is 49.6 Å². The van der Waals surface area contributed by atoms with Gasteiger partial charge in [-0.2, -0.15) is 13.2 Å². The molecular formula is C24H24F3N5O2S. The molecule has 5 rings (SSSR count). The van der Waals surface area contributed by atoms with Gasteiger partial charge in [0.25, 0.3) is 5.91 Å². The van der Waals surface area contributed by atoms with Gasteiger partial charge in [-0.15, -0.1) is 0 Å². The highest BCUT2D eigenvalue weighted by Crippen LogP contribution is 2.35. The summed E-state index contributed by atoms with van der Waals surface area (Å²) in [7, 11) is 1.81. The Morgan fingerprint density at radius 1 is 1.11 bits per heavy atom. The van der Waals surface area contributed by atoms with Gasteiger partial charge < -0.3 is 20.3 Å². The Morgan fingerprint density at radius 3 is 2.63 bits per heavy atom. The van der Waals surface area contributed by atoms with Crippen LogP contribution in [0.15, 0.2) is 36.4 Å². The third-order valence-electron chi connectivity index (χ3n) is 6.45. The molecule has 1 amide bonds. The van der Waals surface area contributed by atoms with Gasteiger partial charge in [0, 0.05) is 19.2 Å². The Morgan fingerprint density at radius 2 is 1.89 bits per heavy atom. The van der Waals surface area contributed by atoms with Crippen LogP contribution in [0.4, 0.5) is 24.3 Å². The van der Waals surface area contributed by atoms with Gasteiger partial charge in [0.05, 0.1) is 32.9 Å². The van der Waals surface area contributed by atoms with Crippen LogP contribution in [0, 0.1) is 5.92 Å². The quantitative estimate of drug-likeness (QED) is 0.347. The zero-order chi connectivity index (χ0) is 24.7. The maximum Gasteiger partial charge on any atom is 0.416 e. The van der Waals surface area contributed by atoms with Crippen molar-refractivity contribution in [2.24, 2.45) is 13.0 Å². The Balaban J connectivity index is 1.31. The summed E-state index contributed by atoms with van der Waals surface area (Å²) in [4.78, 5) is 21.6. The molecule has 0 saturated heterocycles. The number of alkyl halides is 3. The number of nitrogens with zero attached hydrogens (tertiary/aromatic N) is 3. The summed E-state index contributed by atoms with van der Waals surface area (Å²) < 4.78 is 41.2. The molecule has 0 unspecified atom stereocenters. The lowest BCUT2D eigenvalue weighted by Crippen LogP contribution is -2.32. The van der Waals surface area contributed by atoms with Gasteiger partial charge in [0.2, 0.25) is 5.95 Å². The number of halogens is 3. The number of aliphatic hydroxyl groups excluding tert-OH is 1. The van der Waals surface area contributed by atoms with Crippen LogP contribution in [0.25, 0.3) is 21.3 Å². The number of aryl methyl sites for hydroxylation is 1. The van der Waals surface area contributed by atoms with Gasteiger partial charge in [-0.05, 0) is 68.0 Å². The first-order chi connectivity index (χ1) is 16.7. The first-order valence-electron chi connectivity index (χ1n) is 11.3. The molecule has 35 heavy (non-hydrogen) atoms. The van der Waals surface area contributed by atoms with Gasteiger partial charge in [-0.3, -0.25) is 4.79 Å². The fourth-order valence-corrected chi connectivity index (χ4v) is 5.29. The molecule has 0 radical (unpaired) electrons. The van der Waals surface area contributed by atoms with Gasteiger partial charge in [0.1, 0.15) is 0 Å². The minimum Gasteiger partial charge on any atom is -0.393 e. The van der Waals surface area contributed by atoms with Crippen LogP contribution in [0.1, 0.15) is 41.6 Å². The molecule has 2 aromatic heterocycles. The Kier molecular flexibility index (Phi) is 6.14. The zero-order valence-electron chi connectivity index (χ0n) is 18.9. The average molecular weight is 504 g/mol. The summed E-state index contributed by atoms with van der Waals surface area (Å²) in [5, 5.41) is 16.1. The summed E-state index contributed by atoms with van der Waals surface area (Å²) in [5.74, 6) is 0.663. The van der Waals surface area contributed by atoms with Gasteiger partial charge in [-0.25, -0.2) is 9.97 Å². The largest absolute Gasteiger partial charge is 0.416 e. The number of thiazole rings is 1. The predicted molar refractivity (Wildman–Crippen MR) is 129 cm³/mol. The van der Waals surface area contributed by atoms with Crippen LogP contribution >= 0.6 is 11.3 Å². The van der Waals surface area contributed by atoms with Crippen molar-refractivity contribution < 1.29 is 23.1 Å². The number of carbonyl (C=O) groups is 1. The van der Waals surface area contributed by atoms with E-state index in [1.807, 2.05) is 13.1 Å². The SMILES string of the molecule is Cn1c(Nc2nc3ccc(C(F)(F)F)cc3s2)nc2cc(C(=O)NC[C@H]3CC[C@H](O)CC3)ccc21. The molecule has 2 heterocycles. The lowest BCUT2D eigenvalue weighted by molar-refractivity contribution is -0.137. The van der Waals surface area contributed by atoms with E-state index in [0.717, 1.165) is 54.7 Å². The second-order valence-electron chi connectivity index (χ2n) is 8.91. The van der Waals surface area contributed by atoms with Crippen LogP contribution < -0.4 is 10.6 Å². The van der Waals surface area contributed by atoms with Gasteiger partial charge in [0.15, 0.2) is 5.13 Å². The van der Waals surface area contributed by atoms with Gasteiger partial charge >= 0.3 is 6.18 Å². The molecule has 1 saturated carbocycles. The van der Waals surface area contributed by atoms with Crippen LogP contribution in [0.2, 0.25) is 0 Å². The molecule has 3 N–H and O–H groups in total. The smallest absolute Gasteiger partial charge is 0.393 e. The first-order valence-corrected chi connectivity index (χ1v) is 12.2. The van der Waals surface area contributed by atoms with Crippen molar-refractivity contribution in [3.8, 4) is 0 Å². The topological polar surface area (TPSA) is 92.1 Å². The number of carbonyl (C=O) groups excluding carboxylic acids is 1. The van der Waals surface area contributed by atoms with E-state index in [-0.39, 0.29) is 12.0 Å². The molecule has 0 atom stereocenters. The molecule has 0 spiro atoms. The van der Waals surface area contributed by atoms with Crippen molar-refractivity contribution in [3.05, 3.63) is 47.5 Å². The van der Waals surface area contributed by atoms with E-state index in [4.69, 9.17) is 0 Å². The number of benzene rings is 2. The van der Waals surface area contributed by atoms with Crippen LogP contribution in [-0.2, 0) is 13.2 Å². The number of nitrogens with one attached hydrogen (secondary N) is 2. The predicted octanol–water partition coefficient (Wildman–Crippen LogP) is 5.23. The van der Waals surface area contributed by atoms with Crippen LogP contribution in [-0.4, -0.2) is 38.2 Å². The summed E-state index contributed by atoms with van der Waals surface area (Å²) in [6, 6.07) is 8.74. The molecule has 7 nitrogen and oxygen atoms in total. The van der Waals surface area contributed by atoms with Crippen molar-refractivity contribution in [1.29, 1.82) is 0 Å². The molecule has 184 valence electrons. The minimum absolute atomic E-state index is 0.176. The monoisotopic (exact) mass is 503 g/mol. The molecule has 0 aliphatic heterocycles. The van der Waals surface area contributed by atoms with Crippen molar-refractivity contribution in [2.45, 2.75) is 38.0 Å². The average Bonchev–Trinajstić information content (AvgIpc) is 3.37. The Hall–Kier alpha value is -3.18. The summed E-state index contributed by atoms with van der Waals surface area (Å²) in [6.45, 7) is 0.576. The molecule has 2 aromatic carbocycles. The number of imidazole rings is 1. The summed E-state index contributed by atoms with van der Waals surface area (Å²) >= 11 is 1.11. The zero-order valence-corrected chi connectivity index (χ0v) is 19.7. The van der Waals surface area contributed by atoms with E-state index >= 15 is 0 Å². The molecule has 1 fully saturated rings. The third-order valence-corrected chi connectivity index (χ3v) is 7.38. The highest BCUT2D eigenvalue weighted by atomic mass is 32.1. The van der Waals surface area contributed by atoms with Crippen molar-refractivity contribution in [1.82, 2.24) is 19.9 Å². The Bertz CT molecular complexity index is 1390. The number of rotatable bonds is 5. The molecular weight excluding hydrogens is 479 g/mol. The maximum absolute atomic E-state index is 13.0. The normalized spacial score (nSPS) is 18.8. The summed E-state index contributed by atoms with van der Waals surface area (Å²) in [5.41, 5.74) is 1.66. The fourth-order valence-electron chi connectivity index (χ4n) is 4.39. The van der Waals surface area contributed by atoms with E-state index < -0.39 is 11.7 Å².